The molecule has 1 aliphatic rings. The zero-order valence-electron chi connectivity index (χ0n) is 16.8. The molecule has 2 aromatic rings. The van der Waals surface area contributed by atoms with Gasteiger partial charge in [-0.15, -0.1) is 0 Å². The highest BCUT2D eigenvalue weighted by molar-refractivity contribution is 7.89. The molecule has 1 aliphatic heterocycles. The van der Waals surface area contributed by atoms with Crippen LogP contribution >= 0.6 is 0 Å². The molecule has 1 saturated heterocycles. The highest BCUT2D eigenvalue weighted by Gasteiger charge is 2.32. The lowest BCUT2D eigenvalue weighted by molar-refractivity contribution is -0.120. The number of carbonyl (C=O) groups is 1. The Kier molecular flexibility index (Phi) is 6.44. The van der Waals surface area contributed by atoms with Gasteiger partial charge in [0.05, 0.1) is 24.8 Å². The highest BCUT2D eigenvalue weighted by Crippen LogP contribution is 2.29. The SMILES string of the molecule is COc1ccc(S(=O)(=O)N2CCC(C(=O)Nc3ccccc3OC)CC2)cc1C. The lowest BCUT2D eigenvalue weighted by Crippen LogP contribution is -2.41. The number of nitrogens with one attached hydrogen (secondary N) is 1. The first-order valence-electron chi connectivity index (χ1n) is 9.45. The van der Waals surface area contributed by atoms with E-state index in [1.54, 1.807) is 44.6 Å². The Morgan fingerprint density at radius 1 is 1.03 bits per heavy atom. The second-order valence-electron chi connectivity index (χ2n) is 7.00. The van der Waals surface area contributed by atoms with Crippen LogP contribution in [-0.4, -0.2) is 45.9 Å². The first-order chi connectivity index (χ1) is 13.9. The second-order valence-corrected chi connectivity index (χ2v) is 8.94. The fourth-order valence-corrected chi connectivity index (χ4v) is 5.06. The van der Waals surface area contributed by atoms with Gasteiger partial charge >= 0.3 is 0 Å². The number of ether oxygens (including phenoxy) is 2. The van der Waals surface area contributed by atoms with Gasteiger partial charge in [-0.2, -0.15) is 4.31 Å². The maximum atomic E-state index is 13.0. The fraction of sp³-hybridized carbons (Fsp3) is 0.381. The third kappa shape index (κ3) is 4.54. The summed E-state index contributed by atoms with van der Waals surface area (Å²) in [6, 6.07) is 12.1. The van der Waals surface area contributed by atoms with Crippen LogP contribution in [0, 0.1) is 12.8 Å². The van der Waals surface area contributed by atoms with Crippen molar-refractivity contribution in [2.45, 2.75) is 24.7 Å². The Bertz CT molecular complexity index is 982. The average molecular weight is 419 g/mol. The van der Waals surface area contributed by atoms with Gasteiger partial charge < -0.3 is 14.8 Å². The van der Waals surface area contributed by atoms with Crippen LogP contribution in [0.1, 0.15) is 18.4 Å². The van der Waals surface area contributed by atoms with E-state index in [2.05, 4.69) is 5.32 Å². The summed E-state index contributed by atoms with van der Waals surface area (Å²) in [6.45, 7) is 2.42. The summed E-state index contributed by atoms with van der Waals surface area (Å²) < 4.78 is 37.8. The molecule has 2 aromatic carbocycles. The lowest BCUT2D eigenvalue weighted by atomic mass is 9.97. The average Bonchev–Trinajstić information content (AvgIpc) is 2.74. The van der Waals surface area contributed by atoms with E-state index in [0.717, 1.165) is 5.56 Å². The number of hydrogen-bond donors (Lipinski definition) is 1. The maximum absolute atomic E-state index is 13.0. The number of aryl methyl sites for hydroxylation is 1. The number of benzene rings is 2. The van der Waals surface area contributed by atoms with Crippen LogP contribution < -0.4 is 14.8 Å². The molecule has 0 bridgehead atoms. The van der Waals surface area contributed by atoms with Crippen molar-refractivity contribution in [1.82, 2.24) is 4.31 Å². The van der Waals surface area contributed by atoms with Crippen LogP contribution in [0.5, 0.6) is 11.5 Å². The predicted octanol–water partition coefficient (Wildman–Crippen LogP) is 3.05. The summed E-state index contributed by atoms with van der Waals surface area (Å²) in [4.78, 5) is 12.9. The quantitative estimate of drug-likeness (QED) is 0.779. The normalized spacial score (nSPS) is 15.7. The molecule has 0 spiro atoms. The Morgan fingerprint density at radius 2 is 1.69 bits per heavy atom. The molecule has 156 valence electrons. The van der Waals surface area contributed by atoms with Crippen molar-refractivity contribution in [3.8, 4) is 11.5 Å². The summed E-state index contributed by atoms with van der Waals surface area (Å²) in [6.07, 6.45) is 0.935. The third-order valence-corrected chi connectivity index (χ3v) is 7.09. The number of nitrogens with zero attached hydrogens (tertiary/aromatic N) is 1. The van der Waals surface area contributed by atoms with Gasteiger partial charge in [-0.25, -0.2) is 8.42 Å². The fourth-order valence-electron chi connectivity index (χ4n) is 3.50. The number of para-hydroxylation sites is 2. The Hall–Kier alpha value is -2.58. The van der Waals surface area contributed by atoms with Gasteiger partial charge in [0.25, 0.3) is 0 Å². The van der Waals surface area contributed by atoms with Gasteiger partial charge in [-0.1, -0.05) is 12.1 Å². The number of piperidine rings is 1. The van der Waals surface area contributed by atoms with Gasteiger partial charge in [0, 0.05) is 19.0 Å². The second kappa shape index (κ2) is 8.84. The first-order valence-corrected chi connectivity index (χ1v) is 10.9. The summed E-state index contributed by atoms with van der Waals surface area (Å²) in [7, 11) is -0.498. The number of rotatable bonds is 6. The minimum absolute atomic E-state index is 0.119. The predicted molar refractivity (Wildman–Crippen MR) is 111 cm³/mol. The third-order valence-electron chi connectivity index (χ3n) is 5.19. The number of carbonyl (C=O) groups excluding carboxylic acids is 1. The molecule has 29 heavy (non-hydrogen) atoms. The van der Waals surface area contributed by atoms with Gasteiger partial charge in [-0.05, 0) is 55.7 Å². The van der Waals surface area contributed by atoms with E-state index in [9.17, 15) is 13.2 Å². The molecular formula is C21H26N2O5S. The van der Waals surface area contributed by atoms with E-state index >= 15 is 0 Å². The van der Waals surface area contributed by atoms with E-state index in [4.69, 9.17) is 9.47 Å². The van der Waals surface area contributed by atoms with E-state index in [0.29, 0.717) is 43.1 Å². The highest BCUT2D eigenvalue weighted by atomic mass is 32.2. The topological polar surface area (TPSA) is 84.9 Å². The minimum Gasteiger partial charge on any atom is -0.496 e. The smallest absolute Gasteiger partial charge is 0.243 e. The molecule has 0 unspecified atom stereocenters. The molecule has 0 radical (unpaired) electrons. The van der Waals surface area contributed by atoms with Crippen molar-refractivity contribution in [3.63, 3.8) is 0 Å². The molecule has 1 N–H and O–H groups in total. The summed E-state index contributed by atoms with van der Waals surface area (Å²) in [5.74, 6) is 0.877. The molecule has 7 nitrogen and oxygen atoms in total. The standard InChI is InChI=1S/C21H26N2O5S/c1-15-14-17(8-9-19(15)27-2)29(25,26)23-12-10-16(11-13-23)21(24)22-18-6-4-5-7-20(18)28-3/h4-9,14,16H,10-13H2,1-3H3,(H,22,24). The van der Waals surface area contributed by atoms with E-state index < -0.39 is 10.0 Å². The van der Waals surface area contributed by atoms with Crippen molar-refractivity contribution < 1.29 is 22.7 Å². The molecule has 8 heteroatoms. The molecule has 1 amide bonds. The van der Waals surface area contributed by atoms with Gasteiger partial charge in [0.1, 0.15) is 11.5 Å². The van der Waals surface area contributed by atoms with Crippen molar-refractivity contribution in [1.29, 1.82) is 0 Å². The van der Waals surface area contributed by atoms with Crippen LogP contribution in [0.3, 0.4) is 0 Å². The first kappa shape index (κ1) is 21.1. The molecular weight excluding hydrogens is 392 g/mol. The van der Waals surface area contributed by atoms with Gasteiger partial charge in [-0.3, -0.25) is 4.79 Å². The lowest BCUT2D eigenvalue weighted by Gasteiger charge is -2.30. The van der Waals surface area contributed by atoms with Crippen molar-refractivity contribution in [2.75, 3.05) is 32.6 Å². The summed E-state index contributed by atoms with van der Waals surface area (Å²) in [5.41, 5.74) is 1.38. The summed E-state index contributed by atoms with van der Waals surface area (Å²) >= 11 is 0. The van der Waals surface area contributed by atoms with Crippen molar-refractivity contribution in [2.24, 2.45) is 5.92 Å². The zero-order chi connectivity index (χ0) is 21.0. The Labute approximate surface area is 171 Å². The largest absolute Gasteiger partial charge is 0.496 e. The number of hydrogen-bond acceptors (Lipinski definition) is 5. The van der Waals surface area contributed by atoms with Crippen LogP contribution in [0.25, 0.3) is 0 Å². The van der Waals surface area contributed by atoms with Crippen LogP contribution in [0.4, 0.5) is 5.69 Å². The summed E-state index contributed by atoms with van der Waals surface area (Å²) in [5, 5.41) is 2.89. The molecule has 0 atom stereocenters. The Balaban J connectivity index is 1.65. The molecule has 1 fully saturated rings. The van der Waals surface area contributed by atoms with Crippen LogP contribution in [-0.2, 0) is 14.8 Å². The van der Waals surface area contributed by atoms with E-state index in [1.165, 1.54) is 4.31 Å². The van der Waals surface area contributed by atoms with Crippen molar-refractivity contribution in [3.05, 3.63) is 48.0 Å². The number of methoxy groups -OCH3 is 2. The minimum atomic E-state index is -3.60. The van der Waals surface area contributed by atoms with Crippen LogP contribution in [0.15, 0.2) is 47.4 Å². The Morgan fingerprint density at radius 3 is 2.31 bits per heavy atom. The zero-order valence-corrected chi connectivity index (χ0v) is 17.7. The molecule has 0 aliphatic carbocycles. The van der Waals surface area contributed by atoms with Gasteiger partial charge in [0.2, 0.25) is 15.9 Å². The van der Waals surface area contributed by atoms with Crippen LogP contribution in [0.2, 0.25) is 0 Å². The van der Waals surface area contributed by atoms with E-state index in [-0.39, 0.29) is 16.7 Å². The van der Waals surface area contributed by atoms with E-state index in [1.807, 2.05) is 19.1 Å². The number of sulfonamides is 1. The monoisotopic (exact) mass is 418 g/mol. The maximum Gasteiger partial charge on any atom is 0.243 e. The van der Waals surface area contributed by atoms with Gasteiger partial charge in [0.15, 0.2) is 0 Å². The molecule has 1 heterocycles. The van der Waals surface area contributed by atoms with Crippen molar-refractivity contribution >= 4 is 21.6 Å². The number of anilines is 1. The molecule has 0 aromatic heterocycles. The number of amides is 1. The molecule has 3 rings (SSSR count). The molecule has 0 saturated carbocycles.